The predicted molar refractivity (Wildman–Crippen MR) is 142 cm³/mol. The van der Waals surface area contributed by atoms with Crippen LogP contribution in [-0.4, -0.2) is 55.2 Å². The molecule has 0 aliphatic carbocycles. The van der Waals surface area contributed by atoms with Crippen LogP contribution in [0, 0.1) is 6.92 Å². The number of ether oxygens (including phenoxy) is 4. The van der Waals surface area contributed by atoms with Crippen molar-refractivity contribution in [3.05, 3.63) is 65.7 Å². The van der Waals surface area contributed by atoms with Crippen molar-refractivity contribution in [3.8, 4) is 23.0 Å². The highest BCUT2D eigenvalue weighted by Crippen LogP contribution is 2.37. The minimum atomic E-state index is -4.36. The molecule has 3 N–H and O–H groups in total. The van der Waals surface area contributed by atoms with Crippen LogP contribution in [-0.2, 0) is 14.8 Å². The minimum absolute atomic E-state index is 0.0689. The Morgan fingerprint density at radius 2 is 1.53 bits per heavy atom. The third-order valence-corrected chi connectivity index (χ3v) is 7.51. The number of nitrogens with two attached hydrogens (primary N) is 1. The van der Waals surface area contributed by atoms with E-state index in [2.05, 4.69) is 5.32 Å². The van der Waals surface area contributed by atoms with Crippen molar-refractivity contribution in [1.82, 2.24) is 0 Å². The molecule has 3 rings (SSSR count). The lowest BCUT2D eigenvalue weighted by atomic mass is 10.1. The van der Waals surface area contributed by atoms with Gasteiger partial charge in [-0.25, -0.2) is 8.42 Å². The Hall–Kier alpha value is -4.45. The van der Waals surface area contributed by atoms with Gasteiger partial charge in [0.05, 0.1) is 39.0 Å². The first kappa shape index (κ1) is 28.1. The number of nitrogens with zero attached hydrogens (tertiary/aromatic N) is 1. The summed E-state index contributed by atoms with van der Waals surface area (Å²) >= 11 is 0. The van der Waals surface area contributed by atoms with Crippen LogP contribution in [0.5, 0.6) is 23.0 Å². The van der Waals surface area contributed by atoms with Crippen LogP contribution in [0.1, 0.15) is 15.9 Å². The summed E-state index contributed by atoms with van der Waals surface area (Å²) < 4.78 is 50.0. The Morgan fingerprint density at radius 3 is 2.13 bits per heavy atom. The van der Waals surface area contributed by atoms with Crippen molar-refractivity contribution in [2.75, 3.05) is 44.6 Å². The minimum Gasteiger partial charge on any atom is -0.497 e. The number of primary amides is 1. The van der Waals surface area contributed by atoms with E-state index in [1.54, 1.807) is 25.1 Å². The third kappa shape index (κ3) is 5.75. The molecule has 0 aromatic heterocycles. The lowest BCUT2D eigenvalue weighted by molar-refractivity contribution is -0.114. The van der Waals surface area contributed by atoms with Crippen molar-refractivity contribution in [2.24, 2.45) is 5.73 Å². The first-order valence-electron chi connectivity index (χ1n) is 11.2. The standard InChI is InChI=1S/C26H29N3O8S/c1-16-19(26(27)31)7-6-8-20(16)28-25(30)15-29(21-13-17(34-2)9-11-22(21)35-3)38(32,33)18-10-12-23(36-4)24(14-18)37-5/h6-14H,15H2,1-5H3,(H2,27,31)(H,28,30). The number of carbonyl (C=O) groups is 2. The Kier molecular flexibility index (Phi) is 8.68. The molecule has 0 fully saturated rings. The molecule has 0 bridgehead atoms. The molecule has 3 aromatic carbocycles. The number of amides is 2. The van der Waals surface area contributed by atoms with Gasteiger partial charge in [0.1, 0.15) is 18.0 Å². The second kappa shape index (κ2) is 11.7. The fraction of sp³-hybridized carbons (Fsp3) is 0.231. The van der Waals surface area contributed by atoms with Gasteiger partial charge in [-0.1, -0.05) is 6.07 Å². The van der Waals surface area contributed by atoms with Crippen LogP contribution >= 0.6 is 0 Å². The smallest absolute Gasteiger partial charge is 0.265 e. The Balaban J connectivity index is 2.11. The average molecular weight is 544 g/mol. The van der Waals surface area contributed by atoms with Crippen molar-refractivity contribution < 1.29 is 37.0 Å². The van der Waals surface area contributed by atoms with Crippen LogP contribution in [0.15, 0.2) is 59.5 Å². The number of nitrogens with one attached hydrogen (secondary N) is 1. The maximum atomic E-state index is 14.0. The Labute approximate surface area is 221 Å². The first-order valence-corrected chi connectivity index (χ1v) is 12.7. The zero-order valence-electron chi connectivity index (χ0n) is 21.6. The molecule has 3 aromatic rings. The number of sulfonamides is 1. The molecule has 0 aliphatic rings. The molecule has 0 aliphatic heterocycles. The van der Waals surface area contributed by atoms with Gasteiger partial charge in [-0.05, 0) is 48.9 Å². The van der Waals surface area contributed by atoms with E-state index >= 15 is 0 Å². The van der Waals surface area contributed by atoms with Crippen molar-refractivity contribution in [2.45, 2.75) is 11.8 Å². The molecule has 12 heteroatoms. The summed E-state index contributed by atoms with van der Waals surface area (Å²) in [4.78, 5) is 24.8. The number of carbonyl (C=O) groups excluding carboxylic acids is 2. The quantitative estimate of drug-likeness (QED) is 0.375. The highest BCUT2D eigenvalue weighted by molar-refractivity contribution is 7.92. The average Bonchev–Trinajstić information content (AvgIpc) is 2.91. The monoisotopic (exact) mass is 543 g/mol. The zero-order chi connectivity index (χ0) is 28.0. The molecular weight excluding hydrogens is 514 g/mol. The van der Waals surface area contributed by atoms with Crippen molar-refractivity contribution in [3.63, 3.8) is 0 Å². The normalized spacial score (nSPS) is 10.9. The summed E-state index contributed by atoms with van der Waals surface area (Å²) in [5.74, 6) is -0.275. The number of hydrogen-bond donors (Lipinski definition) is 2. The molecule has 202 valence electrons. The van der Waals surface area contributed by atoms with E-state index in [0.717, 1.165) is 4.31 Å². The van der Waals surface area contributed by atoms with Gasteiger partial charge in [0.2, 0.25) is 11.8 Å². The fourth-order valence-corrected chi connectivity index (χ4v) is 5.19. The molecule has 0 radical (unpaired) electrons. The summed E-state index contributed by atoms with van der Waals surface area (Å²) in [6, 6.07) is 13.3. The van der Waals surface area contributed by atoms with Crippen LogP contribution < -0.4 is 34.3 Å². The van der Waals surface area contributed by atoms with E-state index in [-0.39, 0.29) is 27.6 Å². The van der Waals surface area contributed by atoms with Gasteiger partial charge in [-0.3, -0.25) is 13.9 Å². The van der Waals surface area contributed by atoms with Crippen molar-refractivity contribution >= 4 is 33.2 Å². The molecule has 0 spiro atoms. The van der Waals surface area contributed by atoms with Gasteiger partial charge >= 0.3 is 0 Å². The summed E-state index contributed by atoms with van der Waals surface area (Å²) in [7, 11) is 1.26. The van der Waals surface area contributed by atoms with Crippen molar-refractivity contribution in [1.29, 1.82) is 0 Å². The number of hydrogen-bond acceptors (Lipinski definition) is 8. The number of rotatable bonds is 11. The van der Waals surface area contributed by atoms with E-state index in [1.165, 1.54) is 64.8 Å². The maximum Gasteiger partial charge on any atom is 0.265 e. The van der Waals surface area contributed by atoms with Gasteiger partial charge in [0, 0.05) is 23.4 Å². The Morgan fingerprint density at radius 1 is 0.868 bits per heavy atom. The molecule has 0 unspecified atom stereocenters. The second-order valence-corrected chi connectivity index (χ2v) is 9.82. The number of methoxy groups -OCH3 is 4. The maximum absolute atomic E-state index is 14.0. The van der Waals surface area contributed by atoms with E-state index < -0.39 is 28.4 Å². The molecular formula is C26H29N3O8S. The second-order valence-electron chi connectivity index (χ2n) is 7.96. The first-order chi connectivity index (χ1) is 18.1. The Bertz CT molecular complexity index is 1460. The van der Waals surface area contributed by atoms with Gasteiger partial charge in [-0.15, -0.1) is 0 Å². The lowest BCUT2D eigenvalue weighted by Gasteiger charge is -2.26. The van der Waals surface area contributed by atoms with E-state index in [9.17, 15) is 18.0 Å². The van der Waals surface area contributed by atoms with E-state index in [0.29, 0.717) is 22.7 Å². The van der Waals surface area contributed by atoms with Gasteiger partial charge in [-0.2, -0.15) is 0 Å². The fourth-order valence-electron chi connectivity index (χ4n) is 3.75. The molecule has 38 heavy (non-hydrogen) atoms. The highest BCUT2D eigenvalue weighted by Gasteiger charge is 2.31. The molecule has 0 saturated carbocycles. The zero-order valence-corrected chi connectivity index (χ0v) is 22.4. The van der Waals surface area contributed by atoms with E-state index in [1.807, 2.05) is 0 Å². The molecule has 0 saturated heterocycles. The van der Waals surface area contributed by atoms with E-state index in [4.69, 9.17) is 24.7 Å². The summed E-state index contributed by atoms with van der Waals surface area (Å²) in [6.45, 7) is 0.985. The van der Waals surface area contributed by atoms with Crippen LogP contribution in [0.2, 0.25) is 0 Å². The largest absolute Gasteiger partial charge is 0.497 e. The summed E-state index contributed by atoms with van der Waals surface area (Å²) in [6.07, 6.45) is 0. The predicted octanol–water partition coefficient (Wildman–Crippen LogP) is 2.96. The number of benzene rings is 3. The van der Waals surface area contributed by atoms with Crippen LogP contribution in [0.25, 0.3) is 0 Å². The molecule has 11 nitrogen and oxygen atoms in total. The van der Waals surface area contributed by atoms with Crippen LogP contribution in [0.4, 0.5) is 11.4 Å². The summed E-state index contributed by atoms with van der Waals surface area (Å²) in [5, 5.41) is 2.67. The topological polar surface area (TPSA) is 146 Å². The summed E-state index contributed by atoms with van der Waals surface area (Å²) in [5.41, 5.74) is 6.47. The van der Waals surface area contributed by atoms with Gasteiger partial charge in [0.15, 0.2) is 11.5 Å². The SMILES string of the molecule is COc1ccc(OC)c(N(CC(=O)Nc2cccc(C(N)=O)c2C)S(=O)(=O)c2ccc(OC)c(OC)c2)c1. The lowest BCUT2D eigenvalue weighted by Crippen LogP contribution is -2.38. The molecule has 2 amide bonds. The third-order valence-electron chi connectivity index (χ3n) is 5.76. The molecule has 0 heterocycles. The van der Waals surface area contributed by atoms with Crippen LogP contribution in [0.3, 0.4) is 0 Å². The highest BCUT2D eigenvalue weighted by atomic mass is 32.2. The van der Waals surface area contributed by atoms with Gasteiger partial charge in [0.25, 0.3) is 10.0 Å². The van der Waals surface area contributed by atoms with Gasteiger partial charge < -0.3 is 30.0 Å². The number of anilines is 2. The molecule has 0 atom stereocenters.